The second-order valence-electron chi connectivity index (χ2n) is 5.51. The molecule has 23 heavy (non-hydrogen) atoms. The summed E-state index contributed by atoms with van der Waals surface area (Å²) in [5.41, 5.74) is 1.02. The van der Waals surface area contributed by atoms with E-state index in [1.54, 1.807) is 12.1 Å². The van der Waals surface area contributed by atoms with E-state index in [1.807, 2.05) is 24.3 Å². The third kappa shape index (κ3) is 3.35. The van der Waals surface area contributed by atoms with Gasteiger partial charge in [-0.15, -0.1) is 0 Å². The number of aliphatic hydroxyl groups is 1. The molecule has 2 aromatic rings. The molecule has 3 rings (SSSR count). The van der Waals surface area contributed by atoms with Gasteiger partial charge in [0, 0.05) is 17.7 Å². The molecule has 0 bridgehead atoms. The van der Waals surface area contributed by atoms with Gasteiger partial charge in [-0.1, -0.05) is 36.4 Å². The fourth-order valence-corrected chi connectivity index (χ4v) is 2.79. The summed E-state index contributed by atoms with van der Waals surface area (Å²) in [6, 6.07) is 13.4. The van der Waals surface area contributed by atoms with Crippen molar-refractivity contribution in [3.8, 4) is 5.75 Å². The maximum atomic E-state index is 13.6. The van der Waals surface area contributed by atoms with Crippen LogP contribution >= 0.6 is 0 Å². The molecule has 0 saturated heterocycles. The average molecular weight is 315 g/mol. The zero-order chi connectivity index (χ0) is 16.2. The Morgan fingerprint density at radius 3 is 2.83 bits per heavy atom. The van der Waals surface area contributed by atoms with E-state index in [0.29, 0.717) is 18.8 Å². The van der Waals surface area contributed by atoms with Crippen LogP contribution < -0.4 is 10.1 Å². The van der Waals surface area contributed by atoms with Crippen molar-refractivity contribution in [3.63, 3.8) is 0 Å². The number of hydrogen-bond acceptors (Lipinski definition) is 3. The summed E-state index contributed by atoms with van der Waals surface area (Å²) in [6.07, 6.45) is -0.492. The van der Waals surface area contributed by atoms with E-state index < -0.39 is 11.9 Å². The van der Waals surface area contributed by atoms with Crippen molar-refractivity contribution in [3.05, 3.63) is 65.5 Å². The summed E-state index contributed by atoms with van der Waals surface area (Å²) in [5.74, 6) is -0.261. The van der Waals surface area contributed by atoms with Crippen LogP contribution in [-0.4, -0.2) is 24.2 Å². The predicted octanol–water partition coefficient (Wildman–Crippen LogP) is 2.54. The van der Waals surface area contributed by atoms with Crippen molar-refractivity contribution in [2.45, 2.75) is 18.4 Å². The van der Waals surface area contributed by atoms with Gasteiger partial charge in [0.2, 0.25) is 5.91 Å². The van der Waals surface area contributed by atoms with Gasteiger partial charge in [0.15, 0.2) is 0 Å². The lowest BCUT2D eigenvalue weighted by Crippen LogP contribution is -2.35. The highest BCUT2D eigenvalue weighted by Crippen LogP contribution is 2.33. The van der Waals surface area contributed by atoms with E-state index in [9.17, 15) is 14.3 Å². The maximum Gasteiger partial charge on any atom is 0.227 e. The molecule has 5 heteroatoms. The monoisotopic (exact) mass is 315 g/mol. The first-order valence-electron chi connectivity index (χ1n) is 7.58. The third-order valence-corrected chi connectivity index (χ3v) is 4.01. The Hall–Kier alpha value is -2.40. The molecule has 0 radical (unpaired) electrons. The molecule has 2 N–H and O–H groups in total. The summed E-state index contributed by atoms with van der Waals surface area (Å²) in [4.78, 5) is 12.4. The molecule has 1 aliphatic rings. The summed E-state index contributed by atoms with van der Waals surface area (Å²) >= 11 is 0. The lowest BCUT2D eigenvalue weighted by Gasteiger charge is -2.25. The smallest absolute Gasteiger partial charge is 0.227 e. The fraction of sp³-hybridized carbons (Fsp3) is 0.278. The van der Waals surface area contributed by atoms with Crippen LogP contribution in [0.25, 0.3) is 0 Å². The lowest BCUT2D eigenvalue weighted by molar-refractivity contribution is -0.123. The van der Waals surface area contributed by atoms with E-state index in [4.69, 9.17) is 4.74 Å². The van der Waals surface area contributed by atoms with Crippen LogP contribution in [0.5, 0.6) is 5.75 Å². The van der Waals surface area contributed by atoms with Gasteiger partial charge < -0.3 is 15.2 Å². The van der Waals surface area contributed by atoms with Gasteiger partial charge in [-0.05, 0) is 18.6 Å². The first-order valence-corrected chi connectivity index (χ1v) is 7.58. The number of hydrogen-bond donors (Lipinski definition) is 2. The van der Waals surface area contributed by atoms with E-state index in [0.717, 1.165) is 5.56 Å². The highest BCUT2D eigenvalue weighted by Gasteiger charge is 2.27. The quantitative estimate of drug-likeness (QED) is 0.911. The van der Waals surface area contributed by atoms with E-state index in [2.05, 4.69) is 5.32 Å². The van der Waals surface area contributed by atoms with Crippen LogP contribution in [0, 0.1) is 5.82 Å². The van der Waals surface area contributed by atoms with Crippen molar-refractivity contribution in [1.82, 2.24) is 5.32 Å². The molecular weight excluding hydrogens is 297 g/mol. The number of carbonyl (C=O) groups is 1. The second-order valence-corrected chi connectivity index (χ2v) is 5.51. The number of nitrogens with one attached hydrogen (secondary N) is 1. The molecule has 120 valence electrons. The number of carbonyl (C=O) groups excluding carboxylic acids is 1. The molecule has 1 amide bonds. The standard InChI is InChI=1S/C18H18FNO3/c19-15-7-3-1-6-14(15)16(21)11-20-18(22)13-9-10-23-17-8-4-2-5-12(13)17/h1-8,13,16,21H,9-11H2,(H,20,22)/t13-,16+/m1/s1. The van der Waals surface area contributed by atoms with Crippen LogP contribution in [0.1, 0.15) is 29.6 Å². The Bertz CT molecular complexity index is 704. The molecule has 0 unspecified atom stereocenters. The summed E-state index contributed by atoms with van der Waals surface area (Å²) in [5, 5.41) is 12.8. The summed E-state index contributed by atoms with van der Waals surface area (Å²) in [6.45, 7) is 0.449. The van der Waals surface area contributed by atoms with Gasteiger partial charge in [-0.2, -0.15) is 0 Å². The molecule has 1 heterocycles. The van der Waals surface area contributed by atoms with Gasteiger partial charge in [0.05, 0.1) is 18.6 Å². The number of benzene rings is 2. The highest BCUT2D eigenvalue weighted by molar-refractivity contribution is 5.84. The Morgan fingerprint density at radius 2 is 2.00 bits per heavy atom. The number of amides is 1. The second kappa shape index (κ2) is 6.79. The number of rotatable bonds is 4. The first-order chi connectivity index (χ1) is 11.2. The normalized spacial score (nSPS) is 17.7. The molecular formula is C18H18FNO3. The summed E-state index contributed by atoms with van der Waals surface area (Å²) in [7, 11) is 0. The average Bonchev–Trinajstić information content (AvgIpc) is 2.59. The maximum absolute atomic E-state index is 13.6. The molecule has 2 atom stereocenters. The van der Waals surface area contributed by atoms with Gasteiger partial charge >= 0.3 is 0 Å². The largest absolute Gasteiger partial charge is 0.493 e. The van der Waals surface area contributed by atoms with Crippen LogP contribution in [0.2, 0.25) is 0 Å². The van der Waals surface area contributed by atoms with Gasteiger partial charge in [0.1, 0.15) is 11.6 Å². The molecule has 2 aromatic carbocycles. The van der Waals surface area contributed by atoms with Gasteiger partial charge in [0.25, 0.3) is 0 Å². The number of fused-ring (bicyclic) bond motifs is 1. The molecule has 1 aliphatic heterocycles. The minimum Gasteiger partial charge on any atom is -0.493 e. The Morgan fingerprint density at radius 1 is 1.26 bits per heavy atom. The molecule has 0 spiro atoms. The summed E-state index contributed by atoms with van der Waals surface area (Å²) < 4.78 is 19.2. The van der Waals surface area contributed by atoms with E-state index in [-0.39, 0.29) is 23.9 Å². The Kier molecular flexibility index (Phi) is 4.57. The predicted molar refractivity (Wildman–Crippen MR) is 83.7 cm³/mol. The Balaban J connectivity index is 1.66. The van der Waals surface area contributed by atoms with Crippen molar-refractivity contribution in [2.75, 3.05) is 13.2 Å². The van der Waals surface area contributed by atoms with E-state index in [1.165, 1.54) is 12.1 Å². The number of ether oxygens (including phenoxy) is 1. The zero-order valence-electron chi connectivity index (χ0n) is 12.5. The Labute approximate surface area is 133 Å². The minimum atomic E-state index is -1.07. The number of aliphatic hydroxyl groups excluding tert-OH is 1. The molecule has 0 aliphatic carbocycles. The first kappa shape index (κ1) is 15.5. The zero-order valence-corrected chi connectivity index (χ0v) is 12.5. The van der Waals surface area contributed by atoms with Crippen LogP contribution in [0.4, 0.5) is 4.39 Å². The fourth-order valence-electron chi connectivity index (χ4n) is 2.79. The minimum absolute atomic E-state index is 0.0285. The van der Waals surface area contributed by atoms with E-state index >= 15 is 0 Å². The molecule has 0 saturated carbocycles. The van der Waals surface area contributed by atoms with Crippen molar-refractivity contribution < 1.29 is 19.0 Å². The van der Waals surface area contributed by atoms with Crippen molar-refractivity contribution >= 4 is 5.91 Å². The number of para-hydroxylation sites is 1. The van der Waals surface area contributed by atoms with Gasteiger partial charge in [-0.25, -0.2) is 4.39 Å². The number of halogens is 1. The SMILES string of the molecule is O=C(NC[C@H](O)c1ccccc1F)[C@@H]1CCOc2ccccc21. The van der Waals surface area contributed by atoms with Crippen LogP contribution in [0.15, 0.2) is 48.5 Å². The van der Waals surface area contributed by atoms with Crippen LogP contribution in [-0.2, 0) is 4.79 Å². The van der Waals surface area contributed by atoms with Crippen molar-refractivity contribution in [1.29, 1.82) is 0 Å². The molecule has 0 fully saturated rings. The van der Waals surface area contributed by atoms with Crippen LogP contribution in [0.3, 0.4) is 0 Å². The lowest BCUT2D eigenvalue weighted by atomic mass is 9.92. The molecule has 0 aromatic heterocycles. The highest BCUT2D eigenvalue weighted by atomic mass is 19.1. The van der Waals surface area contributed by atoms with Crippen molar-refractivity contribution in [2.24, 2.45) is 0 Å². The third-order valence-electron chi connectivity index (χ3n) is 4.01. The molecule has 4 nitrogen and oxygen atoms in total. The topological polar surface area (TPSA) is 58.6 Å². The van der Waals surface area contributed by atoms with Gasteiger partial charge in [-0.3, -0.25) is 4.79 Å².